The van der Waals surface area contributed by atoms with Crippen LogP contribution in [0.25, 0.3) is 0 Å². The number of rotatable bonds is 5. The van der Waals surface area contributed by atoms with Gasteiger partial charge in [0.1, 0.15) is 0 Å². The lowest BCUT2D eigenvalue weighted by Crippen LogP contribution is -2.07. The van der Waals surface area contributed by atoms with Crippen molar-refractivity contribution in [3.05, 3.63) is 33.9 Å². The lowest BCUT2D eigenvalue weighted by Gasteiger charge is -2.09. The Balaban J connectivity index is 4.77. The van der Waals surface area contributed by atoms with Gasteiger partial charge in [-0.3, -0.25) is 0 Å². The van der Waals surface area contributed by atoms with Crippen molar-refractivity contribution in [1.82, 2.24) is 5.32 Å². The van der Waals surface area contributed by atoms with E-state index in [1.807, 2.05) is 33.0 Å². The smallest absolute Gasteiger partial charge is 0.0487 e. The van der Waals surface area contributed by atoms with Gasteiger partial charge in [-0.05, 0) is 25.7 Å². The third-order valence-electron chi connectivity index (χ3n) is 1.65. The van der Waals surface area contributed by atoms with Crippen molar-refractivity contribution in [2.24, 2.45) is 0 Å². The van der Waals surface area contributed by atoms with Crippen molar-refractivity contribution in [1.29, 1.82) is 0 Å². The van der Waals surface area contributed by atoms with Gasteiger partial charge in [0.2, 0.25) is 0 Å². The number of likely N-dealkylation sites (N-methyl/N-ethyl adjacent to an activating group) is 1. The Labute approximate surface area is 96.3 Å². The zero-order valence-corrected chi connectivity index (χ0v) is 10.8. The summed E-state index contributed by atoms with van der Waals surface area (Å²) in [7, 11) is 1.91. The molecule has 1 nitrogen and oxygen atoms in total. The van der Waals surface area contributed by atoms with Gasteiger partial charge in [0, 0.05) is 22.7 Å². The molecular weight excluding hydrogens is 214 g/mol. The fraction of sp³-hybridized carbons (Fsp3) is 0.455. The zero-order valence-electron chi connectivity index (χ0n) is 9.23. The summed E-state index contributed by atoms with van der Waals surface area (Å²) >= 11 is 7.75. The summed E-state index contributed by atoms with van der Waals surface area (Å²) in [5, 5.41) is 3.90. The van der Waals surface area contributed by atoms with Crippen LogP contribution in [0.4, 0.5) is 0 Å². The van der Waals surface area contributed by atoms with Gasteiger partial charge in [0.15, 0.2) is 0 Å². The number of nitrogens with one attached hydrogen (secondary N) is 1. The highest BCUT2D eigenvalue weighted by Crippen LogP contribution is 2.23. The summed E-state index contributed by atoms with van der Waals surface area (Å²) < 4.78 is 0. The van der Waals surface area contributed by atoms with E-state index in [4.69, 9.17) is 11.6 Å². The average Bonchev–Trinajstić information content (AvgIpc) is 2.22. The highest BCUT2D eigenvalue weighted by Gasteiger charge is 2.02. The van der Waals surface area contributed by atoms with E-state index in [-0.39, 0.29) is 0 Å². The second-order valence-electron chi connectivity index (χ2n) is 2.57. The predicted molar refractivity (Wildman–Crippen MR) is 68.6 cm³/mol. The van der Waals surface area contributed by atoms with Gasteiger partial charge in [-0.25, -0.2) is 0 Å². The van der Waals surface area contributed by atoms with Crippen LogP contribution in [0, 0.1) is 0 Å². The fourth-order valence-corrected chi connectivity index (χ4v) is 1.86. The first kappa shape index (κ1) is 13.7. The van der Waals surface area contributed by atoms with Crippen LogP contribution in [0.1, 0.15) is 20.8 Å². The van der Waals surface area contributed by atoms with Crippen LogP contribution < -0.4 is 5.32 Å². The highest BCUT2D eigenvalue weighted by atomic mass is 35.5. The lowest BCUT2D eigenvalue weighted by molar-refractivity contribution is 1.02. The summed E-state index contributed by atoms with van der Waals surface area (Å²) in [6, 6.07) is 0. The molecule has 0 amide bonds. The first-order chi connectivity index (χ1) is 6.69. The molecule has 1 N–H and O–H groups in total. The zero-order chi connectivity index (χ0) is 11.0. The Hall–Kier alpha value is -0.340. The minimum absolute atomic E-state index is 0.755. The van der Waals surface area contributed by atoms with Gasteiger partial charge in [-0.2, -0.15) is 0 Å². The van der Waals surface area contributed by atoms with Crippen LogP contribution in [0.15, 0.2) is 33.9 Å². The molecule has 0 fully saturated rings. The Morgan fingerprint density at radius 1 is 1.36 bits per heavy atom. The number of hydrogen-bond donors (Lipinski definition) is 1. The highest BCUT2D eigenvalue weighted by molar-refractivity contribution is 8.03. The van der Waals surface area contributed by atoms with E-state index in [1.54, 1.807) is 11.8 Å². The third-order valence-corrected chi connectivity index (χ3v) is 3.04. The van der Waals surface area contributed by atoms with Crippen molar-refractivity contribution < 1.29 is 0 Å². The lowest BCUT2D eigenvalue weighted by atomic mass is 10.3. The van der Waals surface area contributed by atoms with Gasteiger partial charge in [0.25, 0.3) is 0 Å². The maximum absolute atomic E-state index is 5.95. The predicted octanol–water partition coefficient (Wildman–Crippen LogP) is 3.89. The SMILES string of the molecule is C\C=C(Cl)/C=C(NC)\C(=C/C)SCC. The Bertz CT molecular complexity index is 254. The quantitative estimate of drug-likeness (QED) is 0.721. The summed E-state index contributed by atoms with van der Waals surface area (Å²) in [4.78, 5) is 1.23. The molecule has 0 saturated carbocycles. The molecule has 0 aliphatic heterocycles. The van der Waals surface area contributed by atoms with Crippen LogP contribution in [-0.2, 0) is 0 Å². The summed E-state index contributed by atoms with van der Waals surface area (Å²) in [5.41, 5.74) is 1.07. The van der Waals surface area contributed by atoms with E-state index in [9.17, 15) is 0 Å². The Morgan fingerprint density at radius 2 is 2.00 bits per heavy atom. The van der Waals surface area contributed by atoms with Gasteiger partial charge in [-0.15, -0.1) is 11.8 Å². The number of thioether (sulfide) groups is 1. The minimum atomic E-state index is 0.755. The molecule has 80 valence electrons. The second-order valence-corrected chi connectivity index (χ2v) is 4.31. The minimum Gasteiger partial charge on any atom is -0.387 e. The van der Waals surface area contributed by atoms with Crippen LogP contribution in [-0.4, -0.2) is 12.8 Å². The molecule has 0 aliphatic carbocycles. The number of hydrogen-bond acceptors (Lipinski definition) is 2. The maximum atomic E-state index is 5.95. The van der Waals surface area contributed by atoms with Gasteiger partial charge in [0.05, 0.1) is 0 Å². The van der Waals surface area contributed by atoms with E-state index in [2.05, 4.69) is 18.3 Å². The van der Waals surface area contributed by atoms with E-state index >= 15 is 0 Å². The molecule has 0 spiro atoms. The molecule has 14 heavy (non-hydrogen) atoms. The fourth-order valence-electron chi connectivity index (χ4n) is 0.960. The van der Waals surface area contributed by atoms with Crippen LogP contribution in [0.3, 0.4) is 0 Å². The van der Waals surface area contributed by atoms with Crippen molar-refractivity contribution in [2.45, 2.75) is 20.8 Å². The molecule has 0 radical (unpaired) electrons. The molecule has 0 heterocycles. The largest absolute Gasteiger partial charge is 0.387 e. The second kappa shape index (κ2) is 8.01. The number of allylic oxidation sites excluding steroid dienone is 4. The molecule has 0 saturated heterocycles. The van der Waals surface area contributed by atoms with Crippen molar-refractivity contribution in [3.63, 3.8) is 0 Å². The normalized spacial score (nSPS) is 14.5. The monoisotopic (exact) mass is 231 g/mol. The van der Waals surface area contributed by atoms with Crippen molar-refractivity contribution in [2.75, 3.05) is 12.8 Å². The van der Waals surface area contributed by atoms with E-state index in [0.29, 0.717) is 0 Å². The van der Waals surface area contributed by atoms with Crippen LogP contribution in [0.2, 0.25) is 0 Å². The molecule has 3 heteroatoms. The Morgan fingerprint density at radius 3 is 2.36 bits per heavy atom. The van der Waals surface area contributed by atoms with Crippen LogP contribution in [0.5, 0.6) is 0 Å². The first-order valence-electron chi connectivity index (χ1n) is 4.70. The van der Waals surface area contributed by atoms with E-state index < -0.39 is 0 Å². The molecule has 0 rings (SSSR count). The van der Waals surface area contributed by atoms with Gasteiger partial charge >= 0.3 is 0 Å². The summed E-state index contributed by atoms with van der Waals surface area (Å²) in [5.74, 6) is 1.06. The molecule has 0 aromatic carbocycles. The molecule has 0 aromatic rings. The van der Waals surface area contributed by atoms with Crippen molar-refractivity contribution >= 4 is 23.4 Å². The van der Waals surface area contributed by atoms with E-state index in [1.165, 1.54) is 4.91 Å². The molecule has 0 atom stereocenters. The number of halogens is 1. The first-order valence-corrected chi connectivity index (χ1v) is 6.06. The molecular formula is C11H18ClNS. The average molecular weight is 232 g/mol. The summed E-state index contributed by atoms with van der Waals surface area (Å²) in [6.07, 6.45) is 5.92. The van der Waals surface area contributed by atoms with Gasteiger partial charge < -0.3 is 5.32 Å². The molecule has 0 bridgehead atoms. The molecule has 0 aliphatic rings. The van der Waals surface area contributed by atoms with E-state index in [0.717, 1.165) is 16.5 Å². The molecule has 0 aromatic heterocycles. The maximum Gasteiger partial charge on any atom is 0.0487 e. The standard InChI is InChI=1S/C11H18ClNS/c1-5-9(12)8-10(13-4)11(6-2)14-7-3/h5-6,8,13H,7H2,1-4H3/b9-5+,10-8+,11-6+. The third kappa shape index (κ3) is 4.77. The summed E-state index contributed by atoms with van der Waals surface area (Å²) in [6.45, 7) is 6.10. The van der Waals surface area contributed by atoms with Gasteiger partial charge in [-0.1, -0.05) is 30.7 Å². The Kier molecular flexibility index (Phi) is 7.81. The van der Waals surface area contributed by atoms with Crippen LogP contribution >= 0.6 is 23.4 Å². The topological polar surface area (TPSA) is 12.0 Å². The van der Waals surface area contributed by atoms with Crippen molar-refractivity contribution in [3.8, 4) is 0 Å². The molecule has 0 unspecified atom stereocenters.